The number of hydrogen-bond donors (Lipinski definition) is 0. The maximum absolute atomic E-state index is 13.2. The molecule has 1 amide bonds. The lowest BCUT2D eigenvalue weighted by Crippen LogP contribution is -2.40. The maximum Gasteiger partial charge on any atom is 0.232 e. The predicted molar refractivity (Wildman–Crippen MR) is 112 cm³/mol. The van der Waals surface area contributed by atoms with Crippen LogP contribution < -0.4 is 0 Å². The molecule has 3 aromatic rings. The second-order valence-electron chi connectivity index (χ2n) is 7.66. The highest BCUT2D eigenvalue weighted by Crippen LogP contribution is 2.29. The molecule has 0 bridgehead atoms. The van der Waals surface area contributed by atoms with Gasteiger partial charge in [-0.05, 0) is 55.9 Å². The van der Waals surface area contributed by atoms with Crippen molar-refractivity contribution in [1.82, 2.24) is 24.6 Å². The van der Waals surface area contributed by atoms with Crippen molar-refractivity contribution in [1.29, 1.82) is 0 Å². The van der Waals surface area contributed by atoms with E-state index in [2.05, 4.69) is 22.0 Å². The minimum absolute atomic E-state index is 0.118. The molecule has 0 N–H and O–H groups in total. The van der Waals surface area contributed by atoms with E-state index < -0.39 is 0 Å². The zero-order valence-electron chi connectivity index (χ0n) is 16.6. The third-order valence-corrected chi connectivity index (χ3v) is 6.65. The summed E-state index contributed by atoms with van der Waals surface area (Å²) in [6.07, 6.45) is 7.70. The summed E-state index contributed by atoms with van der Waals surface area (Å²) >= 11 is 1.41. The third-order valence-electron chi connectivity index (χ3n) is 5.66. The molecule has 1 aliphatic rings. The minimum Gasteiger partial charge on any atom is -0.342 e. The average Bonchev–Trinajstić information content (AvgIpc) is 3.17. The number of aromatic nitrogens is 4. The second-order valence-corrected chi connectivity index (χ2v) is 8.62. The lowest BCUT2D eigenvalue weighted by atomic mass is 9.87. The van der Waals surface area contributed by atoms with Gasteiger partial charge in [-0.3, -0.25) is 4.79 Å². The zero-order chi connectivity index (χ0) is 20.4. The van der Waals surface area contributed by atoms with E-state index in [1.54, 1.807) is 23.0 Å². The van der Waals surface area contributed by atoms with Gasteiger partial charge in [0.1, 0.15) is 17.2 Å². The Hall–Kier alpha value is -2.48. The number of amides is 1. The smallest absolute Gasteiger partial charge is 0.232 e. The molecule has 0 atom stereocenters. The first-order valence-electron chi connectivity index (χ1n) is 9.86. The molecule has 6 nitrogen and oxygen atoms in total. The zero-order valence-corrected chi connectivity index (χ0v) is 17.4. The van der Waals surface area contributed by atoms with Crippen molar-refractivity contribution in [3.63, 3.8) is 0 Å². The van der Waals surface area contributed by atoms with Crippen LogP contribution in [0.5, 0.6) is 0 Å². The highest BCUT2D eigenvalue weighted by molar-refractivity contribution is 8.00. The fourth-order valence-electron chi connectivity index (χ4n) is 3.77. The highest BCUT2D eigenvalue weighted by atomic mass is 32.2. The fraction of sp³-hybridized carbons (Fsp3) is 0.429. The Bertz CT molecular complexity index is 998. The molecule has 0 spiro atoms. The van der Waals surface area contributed by atoms with E-state index >= 15 is 0 Å². The van der Waals surface area contributed by atoms with Crippen LogP contribution in [0.15, 0.2) is 41.8 Å². The van der Waals surface area contributed by atoms with Gasteiger partial charge in [-0.1, -0.05) is 18.7 Å². The Balaban J connectivity index is 1.47. The van der Waals surface area contributed by atoms with Crippen LogP contribution >= 0.6 is 11.8 Å². The van der Waals surface area contributed by atoms with Crippen LogP contribution in [0.25, 0.3) is 16.7 Å². The first kappa shape index (κ1) is 19.8. The Kier molecular flexibility index (Phi) is 5.80. The quantitative estimate of drug-likeness (QED) is 0.466. The standard InChI is InChI=1S/C21H24FN5OS/c1-14-3-7-16(8-4-14)26(2)19(28)12-29-21-18-11-25-27(20(18)23-13-24-21)17-9-5-15(22)6-10-17/h5-6,9-11,13-14,16H,3-4,7-8,12H2,1-2H3. The van der Waals surface area contributed by atoms with Crippen molar-refractivity contribution in [3.8, 4) is 5.69 Å². The van der Waals surface area contributed by atoms with Gasteiger partial charge in [-0.25, -0.2) is 19.0 Å². The molecule has 0 aliphatic heterocycles. The van der Waals surface area contributed by atoms with Crippen LogP contribution in [0.1, 0.15) is 32.6 Å². The van der Waals surface area contributed by atoms with E-state index in [1.165, 1.54) is 43.1 Å². The van der Waals surface area contributed by atoms with Crippen LogP contribution in [-0.2, 0) is 4.79 Å². The topological polar surface area (TPSA) is 63.9 Å². The molecule has 29 heavy (non-hydrogen) atoms. The van der Waals surface area contributed by atoms with E-state index in [4.69, 9.17) is 0 Å². The lowest BCUT2D eigenvalue weighted by molar-refractivity contribution is -0.129. The van der Waals surface area contributed by atoms with Gasteiger partial charge in [0.15, 0.2) is 5.65 Å². The molecule has 1 aliphatic carbocycles. The van der Waals surface area contributed by atoms with Crippen molar-refractivity contribution < 1.29 is 9.18 Å². The molecule has 4 rings (SSSR count). The molecule has 1 saturated carbocycles. The molecule has 0 radical (unpaired) electrons. The summed E-state index contributed by atoms with van der Waals surface area (Å²) in [4.78, 5) is 23.3. The molecule has 152 valence electrons. The number of carbonyl (C=O) groups is 1. The molecule has 1 aromatic carbocycles. The van der Waals surface area contributed by atoms with Gasteiger partial charge >= 0.3 is 0 Å². The van der Waals surface area contributed by atoms with E-state index in [9.17, 15) is 9.18 Å². The number of nitrogens with zero attached hydrogens (tertiary/aromatic N) is 5. The number of halogens is 1. The van der Waals surface area contributed by atoms with E-state index in [-0.39, 0.29) is 11.7 Å². The first-order chi connectivity index (χ1) is 14.0. The summed E-state index contributed by atoms with van der Waals surface area (Å²) in [6.45, 7) is 2.28. The molecule has 1 fully saturated rings. The SMILES string of the molecule is CC1CCC(N(C)C(=O)CSc2ncnc3c2cnn3-c2ccc(F)cc2)CC1. The number of hydrogen-bond acceptors (Lipinski definition) is 5. The van der Waals surface area contributed by atoms with Crippen molar-refractivity contribution in [3.05, 3.63) is 42.6 Å². The second kappa shape index (κ2) is 8.49. The van der Waals surface area contributed by atoms with E-state index in [0.717, 1.165) is 34.9 Å². The van der Waals surface area contributed by atoms with E-state index in [0.29, 0.717) is 17.4 Å². The van der Waals surface area contributed by atoms with Gasteiger partial charge in [0.25, 0.3) is 0 Å². The lowest BCUT2D eigenvalue weighted by Gasteiger charge is -2.33. The summed E-state index contributed by atoms with van der Waals surface area (Å²) in [6, 6.07) is 6.42. The van der Waals surface area contributed by atoms with Gasteiger partial charge in [0.05, 0.1) is 23.0 Å². The number of rotatable bonds is 5. The van der Waals surface area contributed by atoms with Crippen LogP contribution in [0.2, 0.25) is 0 Å². The molecule has 0 saturated heterocycles. The van der Waals surface area contributed by atoms with Crippen molar-refractivity contribution in [2.45, 2.75) is 43.7 Å². The summed E-state index contributed by atoms with van der Waals surface area (Å²) in [7, 11) is 1.91. The van der Waals surface area contributed by atoms with Crippen LogP contribution in [0.3, 0.4) is 0 Å². The molecule has 8 heteroatoms. The summed E-state index contributed by atoms with van der Waals surface area (Å²) < 4.78 is 14.9. The van der Waals surface area contributed by atoms with Gasteiger partial charge in [-0.15, -0.1) is 0 Å². The molecular weight excluding hydrogens is 389 g/mol. The van der Waals surface area contributed by atoms with Crippen LogP contribution in [0.4, 0.5) is 4.39 Å². The first-order valence-corrected chi connectivity index (χ1v) is 10.8. The average molecular weight is 414 g/mol. The normalized spacial score (nSPS) is 19.4. The monoisotopic (exact) mass is 413 g/mol. The largest absolute Gasteiger partial charge is 0.342 e. The van der Waals surface area contributed by atoms with E-state index in [1.807, 2.05) is 11.9 Å². The summed E-state index contributed by atoms with van der Waals surface area (Å²) in [5, 5.41) is 5.89. The number of fused-ring (bicyclic) bond motifs is 1. The van der Waals surface area contributed by atoms with Gasteiger partial charge < -0.3 is 4.90 Å². The van der Waals surface area contributed by atoms with Gasteiger partial charge in [-0.2, -0.15) is 5.10 Å². The number of carbonyl (C=O) groups excluding carboxylic acids is 1. The number of thioether (sulfide) groups is 1. The van der Waals surface area contributed by atoms with Crippen LogP contribution in [0, 0.1) is 11.7 Å². The van der Waals surface area contributed by atoms with Crippen LogP contribution in [-0.4, -0.2) is 49.4 Å². The Morgan fingerprint density at radius 2 is 1.93 bits per heavy atom. The van der Waals surface area contributed by atoms with Crippen molar-refractivity contribution in [2.24, 2.45) is 5.92 Å². The third kappa shape index (κ3) is 4.27. The maximum atomic E-state index is 13.2. The fourth-order valence-corrected chi connectivity index (χ4v) is 4.66. The summed E-state index contributed by atoms with van der Waals surface area (Å²) in [5.41, 5.74) is 1.36. The highest BCUT2D eigenvalue weighted by Gasteiger charge is 2.25. The van der Waals surface area contributed by atoms with Gasteiger partial charge in [0, 0.05) is 13.1 Å². The molecular formula is C21H24FN5OS. The van der Waals surface area contributed by atoms with Gasteiger partial charge in [0.2, 0.25) is 5.91 Å². The Morgan fingerprint density at radius 3 is 2.66 bits per heavy atom. The van der Waals surface area contributed by atoms with Crippen molar-refractivity contribution in [2.75, 3.05) is 12.8 Å². The Morgan fingerprint density at radius 1 is 1.21 bits per heavy atom. The summed E-state index contributed by atoms with van der Waals surface area (Å²) in [5.74, 6) is 0.908. The number of benzene rings is 1. The predicted octanol–water partition coefficient (Wildman–Crippen LogP) is 4.08. The molecule has 2 heterocycles. The minimum atomic E-state index is -0.300. The Labute approximate surface area is 173 Å². The molecule has 2 aromatic heterocycles. The van der Waals surface area contributed by atoms with Crippen molar-refractivity contribution >= 4 is 28.7 Å². The molecule has 0 unspecified atom stereocenters.